The predicted octanol–water partition coefficient (Wildman–Crippen LogP) is 4.19. The minimum atomic E-state index is -0.117. The molecule has 0 saturated carbocycles. The third kappa shape index (κ3) is 4.90. The third-order valence-corrected chi connectivity index (χ3v) is 4.93. The van der Waals surface area contributed by atoms with Gasteiger partial charge in [-0.15, -0.1) is 0 Å². The highest BCUT2D eigenvalue weighted by atomic mass is 16.5. The molecule has 2 aromatic carbocycles. The molecule has 0 aliphatic carbocycles. The van der Waals surface area contributed by atoms with Crippen LogP contribution in [0.15, 0.2) is 67.0 Å². The Kier molecular flexibility index (Phi) is 6.00. The Labute approximate surface area is 170 Å². The average Bonchev–Trinajstić information content (AvgIpc) is 2.80. The maximum Gasteiger partial charge on any atom is 0.263 e. The zero-order valence-electron chi connectivity index (χ0n) is 16.3. The minimum absolute atomic E-state index is 0.117. The van der Waals surface area contributed by atoms with E-state index in [4.69, 9.17) is 4.74 Å². The highest BCUT2D eigenvalue weighted by Gasteiger charge is 2.18. The van der Waals surface area contributed by atoms with Crippen LogP contribution in [0.4, 0.5) is 5.82 Å². The van der Waals surface area contributed by atoms with E-state index in [1.54, 1.807) is 36.7 Å². The highest BCUT2D eigenvalue weighted by molar-refractivity contribution is 5.94. The van der Waals surface area contributed by atoms with Gasteiger partial charge in [0.1, 0.15) is 5.75 Å². The van der Waals surface area contributed by atoms with Gasteiger partial charge < -0.3 is 15.0 Å². The van der Waals surface area contributed by atoms with Crippen LogP contribution in [0.5, 0.6) is 11.6 Å². The Hall–Kier alpha value is -3.41. The third-order valence-electron chi connectivity index (χ3n) is 4.93. The van der Waals surface area contributed by atoms with E-state index < -0.39 is 0 Å². The molecule has 1 saturated heterocycles. The van der Waals surface area contributed by atoms with Gasteiger partial charge in [0.2, 0.25) is 0 Å². The molecule has 1 N–H and O–H groups in total. The number of carbonyl (C=O) groups excluding carboxylic acids is 1. The van der Waals surface area contributed by atoms with E-state index in [9.17, 15) is 4.79 Å². The van der Waals surface area contributed by atoms with Crippen molar-refractivity contribution in [3.8, 4) is 11.6 Å². The van der Waals surface area contributed by atoms with Gasteiger partial charge in [0, 0.05) is 37.6 Å². The number of piperidine rings is 1. The monoisotopic (exact) mass is 388 g/mol. The van der Waals surface area contributed by atoms with Crippen molar-refractivity contribution in [2.45, 2.75) is 25.8 Å². The Balaban J connectivity index is 1.40. The van der Waals surface area contributed by atoms with Gasteiger partial charge in [-0.2, -0.15) is 0 Å². The van der Waals surface area contributed by atoms with Crippen LogP contribution in [0.3, 0.4) is 0 Å². The fraction of sp³-hybridized carbons (Fsp3) is 0.261. The molecule has 0 spiro atoms. The maximum atomic E-state index is 12.4. The van der Waals surface area contributed by atoms with Gasteiger partial charge in [0.05, 0.1) is 0 Å². The lowest BCUT2D eigenvalue weighted by Gasteiger charge is -2.28. The zero-order chi connectivity index (χ0) is 19.9. The molecule has 1 aliphatic heterocycles. The normalized spacial score (nSPS) is 13.7. The molecule has 4 rings (SSSR count). The second-order valence-electron chi connectivity index (χ2n) is 7.03. The van der Waals surface area contributed by atoms with Crippen molar-refractivity contribution in [1.82, 2.24) is 15.3 Å². The number of carbonyl (C=O) groups is 1. The predicted molar refractivity (Wildman–Crippen MR) is 112 cm³/mol. The number of amides is 1. The van der Waals surface area contributed by atoms with E-state index >= 15 is 0 Å². The first-order valence-electron chi connectivity index (χ1n) is 9.95. The van der Waals surface area contributed by atoms with Gasteiger partial charge >= 0.3 is 0 Å². The summed E-state index contributed by atoms with van der Waals surface area (Å²) in [5.41, 5.74) is 1.65. The van der Waals surface area contributed by atoms with E-state index in [0.29, 0.717) is 23.7 Å². The number of benzene rings is 2. The van der Waals surface area contributed by atoms with Gasteiger partial charge in [-0.3, -0.25) is 4.79 Å². The molecule has 1 aromatic heterocycles. The number of aromatic nitrogens is 2. The van der Waals surface area contributed by atoms with Crippen LogP contribution in [0.25, 0.3) is 0 Å². The fourth-order valence-corrected chi connectivity index (χ4v) is 3.38. The summed E-state index contributed by atoms with van der Waals surface area (Å²) in [6, 6.07) is 16.9. The molecule has 29 heavy (non-hydrogen) atoms. The summed E-state index contributed by atoms with van der Waals surface area (Å²) in [5.74, 6) is 1.78. The van der Waals surface area contributed by atoms with E-state index in [-0.39, 0.29) is 5.91 Å². The second kappa shape index (κ2) is 9.19. The number of rotatable bonds is 6. The summed E-state index contributed by atoms with van der Waals surface area (Å²) in [6.45, 7) is 2.43. The van der Waals surface area contributed by atoms with Crippen LogP contribution in [-0.4, -0.2) is 29.0 Å². The molecule has 3 aromatic rings. The quantitative estimate of drug-likeness (QED) is 0.686. The van der Waals surface area contributed by atoms with Crippen LogP contribution < -0.4 is 15.0 Å². The lowest BCUT2D eigenvalue weighted by atomic mass is 10.1. The highest BCUT2D eigenvalue weighted by Crippen LogP contribution is 2.29. The molecule has 0 atom stereocenters. The van der Waals surface area contributed by atoms with Crippen molar-refractivity contribution in [3.63, 3.8) is 0 Å². The van der Waals surface area contributed by atoms with E-state index in [2.05, 4.69) is 20.2 Å². The Morgan fingerprint density at radius 3 is 2.41 bits per heavy atom. The fourth-order valence-electron chi connectivity index (χ4n) is 3.38. The molecule has 6 nitrogen and oxygen atoms in total. The van der Waals surface area contributed by atoms with Crippen molar-refractivity contribution in [1.29, 1.82) is 0 Å². The first-order valence-corrected chi connectivity index (χ1v) is 9.95. The number of hydrogen-bond acceptors (Lipinski definition) is 5. The largest absolute Gasteiger partial charge is 0.436 e. The van der Waals surface area contributed by atoms with Crippen molar-refractivity contribution >= 4 is 11.7 Å². The summed E-state index contributed by atoms with van der Waals surface area (Å²) in [6.07, 6.45) is 6.89. The van der Waals surface area contributed by atoms with Crippen molar-refractivity contribution < 1.29 is 9.53 Å². The van der Waals surface area contributed by atoms with Crippen LogP contribution >= 0.6 is 0 Å². The molecule has 6 heteroatoms. The molecule has 0 unspecified atom stereocenters. The number of nitrogens with one attached hydrogen (secondary N) is 1. The average molecular weight is 388 g/mol. The van der Waals surface area contributed by atoms with E-state index in [0.717, 1.165) is 37.3 Å². The van der Waals surface area contributed by atoms with Gasteiger partial charge in [0.25, 0.3) is 11.8 Å². The summed E-state index contributed by atoms with van der Waals surface area (Å²) in [4.78, 5) is 23.4. The lowest BCUT2D eigenvalue weighted by molar-refractivity contribution is 0.0951. The number of anilines is 1. The topological polar surface area (TPSA) is 67.3 Å². The molecular weight excluding hydrogens is 364 g/mol. The molecule has 2 heterocycles. The molecule has 1 amide bonds. The Morgan fingerprint density at radius 1 is 0.931 bits per heavy atom. The van der Waals surface area contributed by atoms with E-state index in [1.807, 2.05) is 30.3 Å². The smallest absolute Gasteiger partial charge is 0.263 e. The summed E-state index contributed by atoms with van der Waals surface area (Å²) < 4.78 is 5.98. The molecule has 1 aliphatic rings. The van der Waals surface area contributed by atoms with Gasteiger partial charge in [-0.25, -0.2) is 9.97 Å². The second-order valence-corrected chi connectivity index (χ2v) is 7.03. The van der Waals surface area contributed by atoms with Crippen molar-refractivity contribution in [3.05, 3.63) is 78.1 Å². The number of nitrogens with zero attached hydrogens (tertiary/aromatic N) is 3. The summed E-state index contributed by atoms with van der Waals surface area (Å²) in [5, 5.41) is 2.93. The molecule has 0 bridgehead atoms. The SMILES string of the molecule is O=C(NCc1ccccc1)c1ccc(Oc2nccnc2N2CCCCC2)cc1. The lowest BCUT2D eigenvalue weighted by Crippen LogP contribution is -2.30. The molecule has 0 radical (unpaired) electrons. The van der Waals surface area contributed by atoms with Crippen LogP contribution in [0.2, 0.25) is 0 Å². The first kappa shape index (κ1) is 18.9. The van der Waals surface area contributed by atoms with Crippen molar-refractivity contribution in [2.75, 3.05) is 18.0 Å². The van der Waals surface area contributed by atoms with Gasteiger partial charge in [-0.1, -0.05) is 30.3 Å². The molecule has 148 valence electrons. The minimum Gasteiger partial charge on any atom is -0.436 e. The van der Waals surface area contributed by atoms with Crippen LogP contribution in [-0.2, 0) is 6.54 Å². The first-order chi connectivity index (χ1) is 14.3. The number of ether oxygens (including phenoxy) is 1. The maximum absolute atomic E-state index is 12.4. The molecular formula is C23H24N4O2. The van der Waals surface area contributed by atoms with E-state index in [1.165, 1.54) is 6.42 Å². The summed E-state index contributed by atoms with van der Waals surface area (Å²) in [7, 11) is 0. The zero-order valence-corrected chi connectivity index (χ0v) is 16.3. The summed E-state index contributed by atoms with van der Waals surface area (Å²) >= 11 is 0. The van der Waals surface area contributed by atoms with Gasteiger partial charge in [-0.05, 0) is 49.1 Å². The van der Waals surface area contributed by atoms with Crippen molar-refractivity contribution in [2.24, 2.45) is 0 Å². The standard InChI is InChI=1S/C23H24N4O2/c28-22(26-17-18-7-3-1-4-8-18)19-9-11-20(12-10-19)29-23-21(24-13-14-25-23)27-15-5-2-6-16-27/h1,3-4,7-14H,2,5-6,15-17H2,(H,26,28). The Bertz CT molecular complexity index is 939. The van der Waals surface area contributed by atoms with Gasteiger partial charge in [0.15, 0.2) is 5.82 Å². The van der Waals surface area contributed by atoms with Crippen LogP contribution in [0, 0.1) is 0 Å². The van der Waals surface area contributed by atoms with Crippen LogP contribution in [0.1, 0.15) is 35.2 Å². The number of hydrogen-bond donors (Lipinski definition) is 1. The Morgan fingerprint density at radius 2 is 1.66 bits per heavy atom. The molecule has 1 fully saturated rings.